The molecule has 2 aromatic rings. The van der Waals surface area contributed by atoms with Crippen molar-refractivity contribution in [3.63, 3.8) is 0 Å². The molecule has 106 valence electrons. The summed E-state index contributed by atoms with van der Waals surface area (Å²) in [6.07, 6.45) is 2.75. The first-order valence-corrected chi connectivity index (χ1v) is 6.91. The largest absolute Gasteiger partial charge is 0.340 e. The fraction of sp³-hybridized carbons (Fsp3) is 0.500. The molecule has 0 spiro atoms. The molecule has 0 saturated carbocycles. The van der Waals surface area contributed by atoms with Crippen LogP contribution in [-0.4, -0.2) is 43.9 Å². The van der Waals surface area contributed by atoms with Gasteiger partial charge in [0, 0.05) is 36.6 Å². The van der Waals surface area contributed by atoms with Crippen molar-refractivity contribution in [3.05, 3.63) is 35.4 Å². The quantitative estimate of drug-likeness (QED) is 0.915. The van der Waals surface area contributed by atoms with E-state index in [0.717, 1.165) is 36.6 Å². The van der Waals surface area contributed by atoms with E-state index in [4.69, 9.17) is 0 Å². The molecule has 1 amide bonds. The van der Waals surface area contributed by atoms with E-state index < -0.39 is 0 Å². The van der Waals surface area contributed by atoms with Crippen LogP contribution in [0, 0.1) is 13.8 Å². The van der Waals surface area contributed by atoms with Crippen LogP contribution in [0.3, 0.4) is 0 Å². The summed E-state index contributed by atoms with van der Waals surface area (Å²) in [5.74, 6) is 0.514. The number of carbonyl (C=O) groups is 1. The van der Waals surface area contributed by atoms with Gasteiger partial charge < -0.3 is 4.90 Å². The topological polar surface area (TPSA) is 66.8 Å². The summed E-state index contributed by atoms with van der Waals surface area (Å²) in [7, 11) is 0. The van der Waals surface area contributed by atoms with Gasteiger partial charge in [-0.3, -0.25) is 14.6 Å². The van der Waals surface area contributed by atoms with Gasteiger partial charge in [0.2, 0.25) is 5.91 Å². The van der Waals surface area contributed by atoms with Crippen LogP contribution in [-0.2, 0) is 11.3 Å². The monoisotopic (exact) mass is 273 g/mol. The maximum absolute atomic E-state index is 12.3. The van der Waals surface area contributed by atoms with Gasteiger partial charge in [0.25, 0.3) is 0 Å². The number of rotatable bonds is 3. The number of aromatic nitrogens is 4. The minimum atomic E-state index is 0.137. The van der Waals surface area contributed by atoms with Crippen LogP contribution in [0.25, 0.3) is 0 Å². The molecule has 1 N–H and O–H groups in total. The van der Waals surface area contributed by atoms with E-state index >= 15 is 0 Å². The van der Waals surface area contributed by atoms with Gasteiger partial charge in [-0.15, -0.1) is 0 Å². The molecule has 0 aliphatic carbocycles. The van der Waals surface area contributed by atoms with Crippen LogP contribution in [0.2, 0.25) is 0 Å². The zero-order valence-corrected chi connectivity index (χ0v) is 11.8. The Balaban J connectivity index is 1.63. The van der Waals surface area contributed by atoms with Crippen molar-refractivity contribution >= 4 is 5.91 Å². The van der Waals surface area contributed by atoms with Crippen LogP contribution in [0.15, 0.2) is 18.3 Å². The molecule has 1 fully saturated rings. The van der Waals surface area contributed by atoms with Crippen molar-refractivity contribution in [2.24, 2.45) is 0 Å². The third kappa shape index (κ3) is 2.45. The zero-order chi connectivity index (χ0) is 14.1. The molecule has 1 saturated heterocycles. The molecule has 3 rings (SSSR count). The summed E-state index contributed by atoms with van der Waals surface area (Å²) >= 11 is 0. The van der Waals surface area contributed by atoms with Crippen LogP contribution >= 0.6 is 0 Å². The van der Waals surface area contributed by atoms with E-state index in [0.29, 0.717) is 12.5 Å². The second-order valence-electron chi connectivity index (χ2n) is 5.42. The van der Waals surface area contributed by atoms with Crippen molar-refractivity contribution in [1.29, 1.82) is 0 Å². The first kappa shape index (κ1) is 12.9. The summed E-state index contributed by atoms with van der Waals surface area (Å²) < 4.78 is 1.78. The normalized spacial score (nSPS) is 18.7. The molecule has 1 aliphatic heterocycles. The molecular weight excluding hydrogens is 254 g/mol. The van der Waals surface area contributed by atoms with Gasteiger partial charge in [-0.1, -0.05) is 0 Å². The number of likely N-dealkylation sites (tertiary alicyclic amines) is 1. The van der Waals surface area contributed by atoms with E-state index in [2.05, 4.69) is 15.3 Å². The first-order chi connectivity index (χ1) is 9.63. The molecule has 0 bridgehead atoms. The van der Waals surface area contributed by atoms with Gasteiger partial charge in [-0.25, -0.2) is 0 Å². The Labute approximate surface area is 117 Å². The Morgan fingerprint density at radius 3 is 3.00 bits per heavy atom. The molecule has 1 aliphatic rings. The third-order valence-corrected chi connectivity index (χ3v) is 3.89. The maximum atomic E-state index is 12.3. The van der Waals surface area contributed by atoms with E-state index in [1.54, 1.807) is 10.9 Å². The molecular formula is C14H19N5O. The van der Waals surface area contributed by atoms with Gasteiger partial charge in [0.1, 0.15) is 6.54 Å². The van der Waals surface area contributed by atoms with Crippen molar-refractivity contribution in [2.75, 3.05) is 13.1 Å². The van der Waals surface area contributed by atoms with E-state index in [1.807, 2.05) is 30.9 Å². The summed E-state index contributed by atoms with van der Waals surface area (Å²) in [6.45, 7) is 5.82. The molecule has 2 aromatic heterocycles. The molecule has 0 radical (unpaired) electrons. The predicted octanol–water partition coefficient (Wildman–Crippen LogP) is 1.24. The van der Waals surface area contributed by atoms with Gasteiger partial charge in [-0.05, 0) is 32.4 Å². The molecule has 6 nitrogen and oxygen atoms in total. The molecule has 0 aromatic carbocycles. The Morgan fingerprint density at radius 2 is 2.35 bits per heavy atom. The molecule has 3 heterocycles. The summed E-state index contributed by atoms with van der Waals surface area (Å²) in [4.78, 5) is 14.2. The second kappa shape index (κ2) is 5.11. The number of hydrogen-bond acceptors (Lipinski definition) is 3. The highest BCUT2D eigenvalue weighted by atomic mass is 16.2. The molecule has 1 atom stereocenters. The van der Waals surface area contributed by atoms with Gasteiger partial charge in [-0.2, -0.15) is 10.2 Å². The van der Waals surface area contributed by atoms with Crippen LogP contribution < -0.4 is 0 Å². The fourth-order valence-electron chi connectivity index (χ4n) is 2.80. The average Bonchev–Trinajstić information content (AvgIpc) is 3.11. The molecule has 20 heavy (non-hydrogen) atoms. The SMILES string of the molecule is Cc1cc(C)n(CC(=O)N2CC[C@H](c3ccn[nH]3)C2)n1. The summed E-state index contributed by atoms with van der Waals surface area (Å²) in [6, 6.07) is 3.98. The third-order valence-electron chi connectivity index (χ3n) is 3.89. The minimum absolute atomic E-state index is 0.137. The first-order valence-electron chi connectivity index (χ1n) is 6.91. The highest BCUT2D eigenvalue weighted by Crippen LogP contribution is 2.25. The summed E-state index contributed by atoms with van der Waals surface area (Å²) in [5.41, 5.74) is 3.10. The lowest BCUT2D eigenvalue weighted by atomic mass is 10.1. The van der Waals surface area contributed by atoms with Crippen LogP contribution in [0.1, 0.15) is 29.4 Å². The predicted molar refractivity (Wildman–Crippen MR) is 74.2 cm³/mol. The van der Waals surface area contributed by atoms with Gasteiger partial charge in [0.05, 0.1) is 5.69 Å². The Hall–Kier alpha value is -2.11. The van der Waals surface area contributed by atoms with Crippen LogP contribution in [0.4, 0.5) is 0 Å². The van der Waals surface area contributed by atoms with Crippen molar-refractivity contribution < 1.29 is 4.79 Å². The zero-order valence-electron chi connectivity index (χ0n) is 11.8. The Morgan fingerprint density at radius 1 is 1.50 bits per heavy atom. The van der Waals surface area contributed by atoms with E-state index in [-0.39, 0.29) is 5.91 Å². The Kier molecular flexibility index (Phi) is 3.30. The second-order valence-corrected chi connectivity index (χ2v) is 5.42. The number of nitrogens with zero attached hydrogens (tertiary/aromatic N) is 4. The smallest absolute Gasteiger partial charge is 0.244 e. The number of H-pyrrole nitrogens is 1. The lowest BCUT2D eigenvalue weighted by Gasteiger charge is -2.16. The standard InChI is InChI=1S/C14H19N5O/c1-10-7-11(2)19(17-10)9-14(20)18-6-4-12(8-18)13-3-5-15-16-13/h3,5,7,12H,4,6,8-9H2,1-2H3,(H,15,16)/t12-/m0/s1. The lowest BCUT2D eigenvalue weighted by molar-refractivity contribution is -0.131. The lowest BCUT2D eigenvalue weighted by Crippen LogP contribution is -2.32. The molecule has 0 unspecified atom stereocenters. The van der Waals surface area contributed by atoms with Crippen molar-refractivity contribution in [2.45, 2.75) is 32.7 Å². The van der Waals surface area contributed by atoms with Crippen LogP contribution in [0.5, 0.6) is 0 Å². The highest BCUT2D eigenvalue weighted by molar-refractivity contribution is 5.76. The van der Waals surface area contributed by atoms with E-state index in [1.165, 1.54) is 0 Å². The maximum Gasteiger partial charge on any atom is 0.244 e. The highest BCUT2D eigenvalue weighted by Gasteiger charge is 2.28. The summed E-state index contributed by atoms with van der Waals surface area (Å²) in [5, 5.41) is 11.3. The number of amides is 1. The van der Waals surface area contributed by atoms with Gasteiger partial charge >= 0.3 is 0 Å². The van der Waals surface area contributed by atoms with Gasteiger partial charge in [0.15, 0.2) is 0 Å². The van der Waals surface area contributed by atoms with E-state index in [9.17, 15) is 4.79 Å². The minimum Gasteiger partial charge on any atom is -0.340 e. The van der Waals surface area contributed by atoms with Crippen molar-refractivity contribution in [1.82, 2.24) is 24.9 Å². The number of nitrogens with one attached hydrogen (secondary N) is 1. The average molecular weight is 273 g/mol. The number of aromatic amines is 1. The Bertz CT molecular complexity index is 601. The number of aryl methyl sites for hydroxylation is 2. The molecule has 6 heteroatoms. The van der Waals surface area contributed by atoms with Crippen molar-refractivity contribution in [3.8, 4) is 0 Å². The number of hydrogen-bond donors (Lipinski definition) is 1. The number of carbonyl (C=O) groups excluding carboxylic acids is 1. The fourth-order valence-corrected chi connectivity index (χ4v) is 2.80.